The van der Waals surface area contributed by atoms with E-state index in [0.29, 0.717) is 0 Å². The van der Waals surface area contributed by atoms with Crippen LogP contribution in [0.3, 0.4) is 0 Å². The zero-order valence-electron chi connectivity index (χ0n) is 14.9. The molecule has 0 saturated heterocycles. The Morgan fingerprint density at radius 2 is 0.607 bits per heavy atom. The first-order valence-electron chi connectivity index (χ1n) is 7.90. The minimum atomic E-state index is 0. The fourth-order valence-electron chi connectivity index (χ4n) is 1.61. The molecule has 0 heterocycles. The minimum absolute atomic E-state index is 0. The normalized spacial score (nSPS) is 8.57. The molecule has 28 heavy (non-hydrogen) atoms. The monoisotopic (exact) mass is 525 g/mol. The molecule has 0 aromatic heterocycles. The van der Waals surface area contributed by atoms with Gasteiger partial charge in [-0.25, -0.2) is 0 Å². The van der Waals surface area contributed by atoms with Crippen LogP contribution in [0.1, 0.15) is 0 Å². The van der Waals surface area contributed by atoms with Gasteiger partial charge in [-0.3, -0.25) is 14.4 Å². The van der Waals surface area contributed by atoms with E-state index in [1.54, 1.807) is 54.6 Å². The molecule has 3 aromatic rings. The molecule has 142 valence electrons. The number of hydrogen-bond acceptors (Lipinski definition) is 0. The standard InChI is InChI=1S/3C7H6O2.Eu/c3*8-6-4-2-1-3-5-7(6)9;/h3*1-5H,(H,8,9);/q;;;+3/p+6. The van der Waals surface area contributed by atoms with Crippen LogP contribution in [-0.4, -0.2) is 29.7 Å². The van der Waals surface area contributed by atoms with Gasteiger partial charge < -0.3 is 15.3 Å². The van der Waals surface area contributed by atoms with Crippen molar-refractivity contribution in [1.82, 2.24) is 0 Å². The first-order valence-corrected chi connectivity index (χ1v) is 7.90. The molecule has 0 aliphatic rings. The second-order valence-corrected chi connectivity index (χ2v) is 5.13. The second kappa shape index (κ2) is 14.7. The van der Waals surface area contributed by atoms with E-state index in [1.165, 1.54) is 36.4 Å². The van der Waals surface area contributed by atoms with Crippen LogP contribution < -0.4 is 16.3 Å². The SMILES string of the molecule is [Eu+3].[OH+]=c1cccccc1[OH2+].[OH+]=c1cccccc1[OH2+].[OH+]=c1cccccc1[OH2+]. The average Bonchev–Trinajstić information content (AvgIpc) is 3.04. The summed E-state index contributed by atoms with van der Waals surface area (Å²) in [5, 5.41) is 21.3. The summed E-state index contributed by atoms with van der Waals surface area (Å²) in [6.07, 6.45) is 0. The maximum atomic E-state index is 8.89. The topological polar surface area (TPSA) is 133 Å². The molecule has 0 saturated carbocycles. The van der Waals surface area contributed by atoms with Crippen molar-refractivity contribution in [1.29, 1.82) is 0 Å². The Morgan fingerprint density at radius 3 is 0.857 bits per heavy atom. The van der Waals surface area contributed by atoms with Gasteiger partial charge in [-0.1, -0.05) is 54.6 Å². The van der Waals surface area contributed by atoms with Crippen molar-refractivity contribution in [2.45, 2.75) is 0 Å². The number of rotatable bonds is 0. The van der Waals surface area contributed by atoms with Crippen molar-refractivity contribution in [3.05, 3.63) is 107 Å². The predicted molar refractivity (Wildman–Crippen MR) is 104 cm³/mol. The molecule has 0 spiro atoms. The summed E-state index contributed by atoms with van der Waals surface area (Å²) in [6, 6.07) is 24.6. The van der Waals surface area contributed by atoms with Crippen LogP contribution in [0.15, 0.2) is 91.0 Å². The van der Waals surface area contributed by atoms with Crippen LogP contribution >= 0.6 is 0 Å². The summed E-state index contributed by atoms with van der Waals surface area (Å²) in [4.78, 5) is 26.7. The second-order valence-electron chi connectivity index (χ2n) is 5.13. The van der Waals surface area contributed by atoms with Gasteiger partial charge in [0.15, 0.2) is 0 Å². The van der Waals surface area contributed by atoms with Gasteiger partial charge in [0.1, 0.15) is 0 Å². The summed E-state index contributed by atoms with van der Waals surface area (Å²) in [6.45, 7) is 0. The van der Waals surface area contributed by atoms with Gasteiger partial charge in [0.2, 0.25) is 0 Å². The molecule has 9 N–H and O–H groups in total. The van der Waals surface area contributed by atoms with Crippen molar-refractivity contribution in [3.8, 4) is 17.2 Å². The molecule has 0 bridgehead atoms. The largest absolute Gasteiger partial charge is 3.00 e. The molecule has 0 fully saturated rings. The maximum absolute atomic E-state index is 8.89. The summed E-state index contributed by atoms with van der Waals surface area (Å²) in [5.41, 5.74) is 0.0417. The zero-order chi connectivity index (χ0) is 20.1. The maximum Gasteiger partial charge on any atom is 3.00 e. The molecule has 0 aliphatic heterocycles. The molecule has 0 radical (unpaired) electrons. The molecule has 3 aromatic carbocycles. The Bertz CT molecular complexity index is 906. The summed E-state index contributed by atoms with van der Waals surface area (Å²) >= 11 is 0. The fourth-order valence-corrected chi connectivity index (χ4v) is 1.61. The van der Waals surface area contributed by atoms with Crippen LogP contribution in [0.2, 0.25) is 0 Å². The Hall–Kier alpha value is -2.35. The average molecular weight is 524 g/mol. The van der Waals surface area contributed by atoms with Gasteiger partial charge in [0.05, 0.1) is 18.2 Å². The Kier molecular flexibility index (Phi) is 13.5. The van der Waals surface area contributed by atoms with Crippen LogP contribution in [0.25, 0.3) is 0 Å². The van der Waals surface area contributed by atoms with E-state index in [1.807, 2.05) is 0 Å². The Morgan fingerprint density at radius 1 is 0.393 bits per heavy atom. The van der Waals surface area contributed by atoms with E-state index < -0.39 is 0 Å². The summed E-state index contributed by atoms with van der Waals surface area (Å²) in [7, 11) is 0. The smallest absolute Gasteiger partial charge is 0.587 e. The van der Waals surface area contributed by atoms with Crippen molar-refractivity contribution >= 4 is 0 Å². The van der Waals surface area contributed by atoms with E-state index in [2.05, 4.69) is 0 Å². The van der Waals surface area contributed by atoms with Crippen LogP contribution in [-0.2, 0) is 0 Å². The van der Waals surface area contributed by atoms with Crippen molar-refractivity contribution in [2.24, 2.45) is 0 Å². The van der Waals surface area contributed by atoms with E-state index in [-0.39, 0.29) is 82.9 Å². The molecule has 6 nitrogen and oxygen atoms in total. The van der Waals surface area contributed by atoms with Gasteiger partial charge in [-0.05, 0) is 0 Å². The molecule has 3 rings (SSSR count). The molecular weight excluding hydrogens is 500 g/mol. The minimum Gasteiger partial charge on any atom is -0.587 e. The van der Waals surface area contributed by atoms with E-state index >= 15 is 0 Å². The fraction of sp³-hybridized carbons (Fsp3) is 0. The summed E-state index contributed by atoms with van der Waals surface area (Å²) in [5.74, 6) is 0.458. The third-order valence-corrected chi connectivity index (χ3v) is 3.05. The first-order chi connectivity index (χ1) is 12.9. The predicted octanol–water partition coefficient (Wildman–Crippen LogP) is 0.387. The molecule has 0 unspecified atom stereocenters. The van der Waals surface area contributed by atoms with E-state index in [4.69, 9.17) is 29.7 Å². The Balaban J connectivity index is 0.000000384. The molecule has 0 aliphatic carbocycles. The van der Waals surface area contributed by atoms with Gasteiger partial charge in [-0.2, -0.15) is 0 Å². The molecule has 7 heteroatoms. The Labute approximate surface area is 201 Å². The van der Waals surface area contributed by atoms with Crippen LogP contribution in [0.5, 0.6) is 17.2 Å². The number of hydrogen-bond donors (Lipinski definition) is 0. The van der Waals surface area contributed by atoms with E-state index in [9.17, 15) is 0 Å². The molecule has 0 amide bonds. The van der Waals surface area contributed by atoms with Crippen molar-refractivity contribution in [3.63, 3.8) is 0 Å². The third-order valence-electron chi connectivity index (χ3n) is 3.05. The third kappa shape index (κ3) is 10.7. The van der Waals surface area contributed by atoms with Crippen molar-refractivity contribution < 1.29 is 79.1 Å². The quantitative estimate of drug-likeness (QED) is 0.377. The zero-order valence-corrected chi connectivity index (χ0v) is 17.3. The first kappa shape index (κ1) is 25.7. The van der Waals surface area contributed by atoms with Gasteiger partial charge in [0.25, 0.3) is 0 Å². The van der Waals surface area contributed by atoms with Gasteiger partial charge >= 0.3 is 82.9 Å². The van der Waals surface area contributed by atoms with E-state index in [0.717, 1.165) is 0 Å². The molecular formula is C21H24EuO6+9. The van der Waals surface area contributed by atoms with Crippen molar-refractivity contribution in [2.75, 3.05) is 0 Å². The molecule has 0 atom stereocenters. The van der Waals surface area contributed by atoms with Crippen LogP contribution in [0, 0.1) is 49.4 Å². The van der Waals surface area contributed by atoms with Gasteiger partial charge in [-0.15, -0.1) is 0 Å². The summed E-state index contributed by atoms with van der Waals surface area (Å²) < 4.78 is 0. The van der Waals surface area contributed by atoms with Crippen LogP contribution in [0.4, 0.5) is 0 Å². The van der Waals surface area contributed by atoms with Gasteiger partial charge in [0, 0.05) is 18.2 Å².